The van der Waals surface area contributed by atoms with Gasteiger partial charge < -0.3 is 24.7 Å². The van der Waals surface area contributed by atoms with E-state index in [1.54, 1.807) is 25.1 Å². The van der Waals surface area contributed by atoms with Gasteiger partial charge in [-0.3, -0.25) is 0 Å². The molecule has 0 fully saturated rings. The van der Waals surface area contributed by atoms with Gasteiger partial charge in [-0.1, -0.05) is 6.92 Å². The average molecular weight is 358 g/mol. The number of allylic oxidation sites excluding steroid dienone is 2. The molecule has 2 rings (SSSR count). The van der Waals surface area contributed by atoms with Gasteiger partial charge in [-0.25, -0.2) is 4.79 Å². The Hall–Kier alpha value is -3.14. The standard InChI is InChI=1S/C19H22N2O5/c1-5-14-17(19(22)25-6-2)16(13(10-20)18(21)26-14)12-9-11(23-3)7-8-15(12)24-4/h7-9,16H,5-6,21H2,1-4H3/t16-/m1/s1. The zero-order valence-corrected chi connectivity index (χ0v) is 15.3. The van der Waals surface area contributed by atoms with E-state index in [9.17, 15) is 10.1 Å². The second-order valence-electron chi connectivity index (χ2n) is 5.44. The Balaban J connectivity index is 2.77. The third-order valence-electron chi connectivity index (χ3n) is 4.06. The third-order valence-corrected chi connectivity index (χ3v) is 4.06. The highest BCUT2D eigenvalue weighted by molar-refractivity contribution is 5.93. The number of carbonyl (C=O) groups is 1. The van der Waals surface area contributed by atoms with Crippen molar-refractivity contribution in [2.24, 2.45) is 5.73 Å². The summed E-state index contributed by atoms with van der Waals surface area (Å²) in [5.41, 5.74) is 6.90. The van der Waals surface area contributed by atoms with Crippen LogP contribution in [0.1, 0.15) is 31.7 Å². The van der Waals surface area contributed by atoms with Crippen molar-refractivity contribution < 1.29 is 23.7 Å². The number of nitriles is 1. The van der Waals surface area contributed by atoms with Crippen LogP contribution in [0, 0.1) is 11.3 Å². The normalized spacial score (nSPS) is 16.7. The predicted molar refractivity (Wildman–Crippen MR) is 94.1 cm³/mol. The number of esters is 1. The summed E-state index contributed by atoms with van der Waals surface area (Å²) in [6, 6.07) is 7.21. The highest BCUT2D eigenvalue weighted by Crippen LogP contribution is 2.44. The van der Waals surface area contributed by atoms with Crippen LogP contribution < -0.4 is 15.2 Å². The molecule has 2 N–H and O–H groups in total. The van der Waals surface area contributed by atoms with Gasteiger partial charge in [0.05, 0.1) is 32.3 Å². The molecule has 0 amide bonds. The molecule has 1 atom stereocenters. The van der Waals surface area contributed by atoms with Crippen molar-refractivity contribution in [3.8, 4) is 17.6 Å². The Kier molecular flexibility index (Phi) is 6.12. The maximum Gasteiger partial charge on any atom is 0.338 e. The van der Waals surface area contributed by atoms with E-state index in [1.165, 1.54) is 14.2 Å². The van der Waals surface area contributed by atoms with Gasteiger partial charge in [0, 0.05) is 12.0 Å². The molecule has 0 spiro atoms. The molecule has 1 aromatic rings. The van der Waals surface area contributed by atoms with Crippen molar-refractivity contribution in [1.82, 2.24) is 0 Å². The van der Waals surface area contributed by atoms with Crippen LogP contribution in [0.15, 0.2) is 41.0 Å². The molecule has 0 saturated carbocycles. The first kappa shape index (κ1) is 19.2. The molecule has 7 heteroatoms. The minimum atomic E-state index is -0.771. The van der Waals surface area contributed by atoms with E-state index in [1.807, 2.05) is 6.92 Å². The molecule has 1 aromatic carbocycles. The van der Waals surface area contributed by atoms with E-state index >= 15 is 0 Å². The number of ether oxygens (including phenoxy) is 4. The molecule has 0 aromatic heterocycles. The largest absolute Gasteiger partial charge is 0.497 e. The first-order chi connectivity index (χ1) is 12.5. The summed E-state index contributed by atoms with van der Waals surface area (Å²) in [6.07, 6.45) is 0.413. The van der Waals surface area contributed by atoms with E-state index in [2.05, 4.69) is 6.07 Å². The molecule has 7 nitrogen and oxygen atoms in total. The smallest absolute Gasteiger partial charge is 0.338 e. The number of hydrogen-bond donors (Lipinski definition) is 1. The van der Waals surface area contributed by atoms with Crippen LogP contribution >= 0.6 is 0 Å². The molecule has 1 aliphatic heterocycles. The maximum absolute atomic E-state index is 12.7. The Morgan fingerprint density at radius 2 is 2.04 bits per heavy atom. The summed E-state index contributed by atoms with van der Waals surface area (Å²) in [6.45, 7) is 3.74. The van der Waals surface area contributed by atoms with Gasteiger partial charge in [-0.2, -0.15) is 5.26 Å². The van der Waals surface area contributed by atoms with Gasteiger partial charge in [-0.05, 0) is 25.1 Å². The minimum absolute atomic E-state index is 0.0349. The Morgan fingerprint density at radius 1 is 1.31 bits per heavy atom. The summed E-state index contributed by atoms with van der Waals surface area (Å²) < 4.78 is 21.5. The van der Waals surface area contributed by atoms with E-state index < -0.39 is 11.9 Å². The Morgan fingerprint density at radius 3 is 2.58 bits per heavy atom. The topological polar surface area (TPSA) is 104 Å². The molecule has 1 aliphatic rings. The minimum Gasteiger partial charge on any atom is -0.497 e. The molecule has 1 heterocycles. The highest BCUT2D eigenvalue weighted by atomic mass is 16.5. The second kappa shape index (κ2) is 8.30. The van der Waals surface area contributed by atoms with Crippen molar-refractivity contribution >= 4 is 5.97 Å². The molecule has 0 aliphatic carbocycles. The summed E-state index contributed by atoms with van der Waals surface area (Å²) in [5, 5.41) is 9.66. The lowest BCUT2D eigenvalue weighted by atomic mass is 9.82. The lowest BCUT2D eigenvalue weighted by molar-refractivity contribution is -0.139. The zero-order chi connectivity index (χ0) is 19.3. The van der Waals surface area contributed by atoms with Crippen molar-refractivity contribution in [2.75, 3.05) is 20.8 Å². The lowest BCUT2D eigenvalue weighted by Gasteiger charge is -2.28. The quantitative estimate of drug-likeness (QED) is 0.780. The molecular formula is C19H22N2O5. The number of nitrogens with two attached hydrogens (primary N) is 1. The van der Waals surface area contributed by atoms with Crippen LogP contribution in [-0.4, -0.2) is 26.8 Å². The molecule has 0 saturated heterocycles. The van der Waals surface area contributed by atoms with Gasteiger partial charge in [0.25, 0.3) is 0 Å². The lowest BCUT2D eigenvalue weighted by Crippen LogP contribution is -2.26. The molecular weight excluding hydrogens is 336 g/mol. The van der Waals surface area contributed by atoms with Crippen LogP contribution in [0.5, 0.6) is 11.5 Å². The number of hydrogen-bond acceptors (Lipinski definition) is 7. The SMILES string of the molecule is CCOC(=O)C1=C(CC)OC(N)=C(C#N)[C@H]1c1cc(OC)ccc1OC. The first-order valence-corrected chi connectivity index (χ1v) is 8.21. The summed E-state index contributed by atoms with van der Waals surface area (Å²) in [5.74, 6) is 0.0641. The van der Waals surface area contributed by atoms with Gasteiger partial charge in [0.2, 0.25) is 5.88 Å². The van der Waals surface area contributed by atoms with Crippen molar-refractivity contribution in [2.45, 2.75) is 26.2 Å². The first-order valence-electron chi connectivity index (χ1n) is 8.21. The van der Waals surface area contributed by atoms with Gasteiger partial charge >= 0.3 is 5.97 Å². The Labute approximate surface area is 152 Å². The molecule has 0 bridgehead atoms. The van der Waals surface area contributed by atoms with Crippen LogP contribution in [0.3, 0.4) is 0 Å². The van der Waals surface area contributed by atoms with Crippen molar-refractivity contribution in [3.63, 3.8) is 0 Å². The van der Waals surface area contributed by atoms with Crippen LogP contribution in [-0.2, 0) is 14.3 Å². The number of rotatable bonds is 6. The number of nitrogens with zero attached hydrogens (tertiary/aromatic N) is 1. The summed E-state index contributed by atoms with van der Waals surface area (Å²) in [7, 11) is 3.04. The second-order valence-corrected chi connectivity index (χ2v) is 5.44. The van der Waals surface area contributed by atoms with E-state index in [0.29, 0.717) is 29.2 Å². The van der Waals surface area contributed by atoms with Crippen LogP contribution in [0.25, 0.3) is 0 Å². The highest BCUT2D eigenvalue weighted by Gasteiger charge is 2.38. The van der Waals surface area contributed by atoms with Gasteiger partial charge in [0.1, 0.15) is 28.9 Å². The number of carbonyl (C=O) groups excluding carboxylic acids is 1. The predicted octanol–water partition coefficient (Wildman–Crippen LogP) is 2.74. The Bertz CT molecular complexity index is 805. The van der Waals surface area contributed by atoms with Crippen LogP contribution in [0.2, 0.25) is 0 Å². The maximum atomic E-state index is 12.7. The van der Waals surface area contributed by atoms with Crippen molar-refractivity contribution in [1.29, 1.82) is 5.26 Å². The summed E-state index contributed by atoms with van der Waals surface area (Å²) >= 11 is 0. The van der Waals surface area contributed by atoms with Gasteiger partial charge in [-0.15, -0.1) is 0 Å². The van der Waals surface area contributed by atoms with Crippen LogP contribution in [0.4, 0.5) is 0 Å². The number of benzene rings is 1. The average Bonchev–Trinajstić information content (AvgIpc) is 2.66. The number of methoxy groups -OCH3 is 2. The molecule has 26 heavy (non-hydrogen) atoms. The van der Waals surface area contributed by atoms with Crippen molar-refractivity contribution in [3.05, 3.63) is 46.6 Å². The fourth-order valence-electron chi connectivity index (χ4n) is 2.89. The zero-order valence-electron chi connectivity index (χ0n) is 15.3. The van der Waals surface area contributed by atoms with E-state index in [-0.39, 0.29) is 23.6 Å². The monoisotopic (exact) mass is 358 g/mol. The molecule has 0 radical (unpaired) electrons. The summed E-state index contributed by atoms with van der Waals surface area (Å²) in [4.78, 5) is 12.7. The molecule has 138 valence electrons. The molecule has 0 unspecified atom stereocenters. The van der Waals surface area contributed by atoms with E-state index in [4.69, 9.17) is 24.7 Å². The van der Waals surface area contributed by atoms with Gasteiger partial charge in [0.15, 0.2) is 0 Å². The third kappa shape index (κ3) is 3.45. The van der Waals surface area contributed by atoms with E-state index in [0.717, 1.165) is 0 Å². The fourth-order valence-corrected chi connectivity index (χ4v) is 2.89. The fraction of sp³-hybridized carbons (Fsp3) is 0.368.